The number of benzene rings is 2. The molecule has 0 bridgehead atoms. The molecule has 4 amide bonds. The zero-order chi connectivity index (χ0) is 35.2. The van der Waals surface area contributed by atoms with Gasteiger partial charge in [-0.25, -0.2) is 9.78 Å². The van der Waals surface area contributed by atoms with Crippen LogP contribution in [-0.4, -0.2) is 51.6 Å². The summed E-state index contributed by atoms with van der Waals surface area (Å²) in [6, 6.07) is 18.1. The molecule has 2 atom stereocenters. The van der Waals surface area contributed by atoms with Crippen molar-refractivity contribution in [3.63, 3.8) is 0 Å². The van der Waals surface area contributed by atoms with Crippen molar-refractivity contribution in [1.82, 2.24) is 20.3 Å². The van der Waals surface area contributed by atoms with Gasteiger partial charge in [0.25, 0.3) is 0 Å². The number of carbonyl (C=O) groups is 3. The maximum atomic E-state index is 13.7. The van der Waals surface area contributed by atoms with E-state index in [2.05, 4.69) is 35.9 Å². The van der Waals surface area contributed by atoms with E-state index in [1.54, 1.807) is 42.6 Å². The summed E-state index contributed by atoms with van der Waals surface area (Å²) in [7, 11) is 1.68. The molecule has 2 aromatic carbocycles. The number of pyridine rings is 1. The number of allylic oxidation sites excluding steroid dienone is 2. The number of fused-ring (bicyclic) bond motifs is 1. The molecule has 2 aliphatic rings. The number of rotatable bonds is 7. The Balaban J connectivity index is 1.16. The molecule has 2 aliphatic heterocycles. The van der Waals surface area contributed by atoms with Gasteiger partial charge in [0.1, 0.15) is 11.9 Å². The Bertz CT molecular complexity index is 1990. The van der Waals surface area contributed by atoms with Crippen molar-refractivity contribution in [3.05, 3.63) is 120 Å². The van der Waals surface area contributed by atoms with E-state index in [1.807, 2.05) is 81.5 Å². The number of hydrogen-bond acceptors (Lipinski definition) is 8. The Labute approximate surface area is 291 Å². The van der Waals surface area contributed by atoms with Crippen molar-refractivity contribution < 1.29 is 14.4 Å². The Hall–Kier alpha value is -6.17. The van der Waals surface area contributed by atoms with Gasteiger partial charge in [0, 0.05) is 48.5 Å². The van der Waals surface area contributed by atoms with Crippen LogP contribution in [0.5, 0.6) is 0 Å². The van der Waals surface area contributed by atoms with E-state index in [1.165, 1.54) is 11.1 Å². The average molecular weight is 670 g/mol. The Morgan fingerprint density at radius 2 is 1.78 bits per heavy atom. The fourth-order valence-electron chi connectivity index (χ4n) is 5.77. The molecule has 2 aromatic heterocycles. The third kappa shape index (κ3) is 7.92. The number of anilines is 5. The summed E-state index contributed by atoms with van der Waals surface area (Å²) in [6.45, 7) is 5.93. The third-order valence-electron chi connectivity index (χ3n) is 8.51. The van der Waals surface area contributed by atoms with Gasteiger partial charge in [-0.1, -0.05) is 48.6 Å². The highest BCUT2D eigenvalue weighted by atomic mass is 16.2. The number of aliphatic imine (C=N–C) groups is 1. The van der Waals surface area contributed by atoms with Gasteiger partial charge >= 0.3 is 6.03 Å². The maximum Gasteiger partial charge on any atom is 0.330 e. The van der Waals surface area contributed by atoms with Crippen molar-refractivity contribution in [1.29, 1.82) is 0 Å². The highest BCUT2D eigenvalue weighted by Crippen LogP contribution is 2.33. The van der Waals surface area contributed by atoms with Crippen LogP contribution in [0, 0.1) is 19.8 Å². The van der Waals surface area contributed by atoms with Crippen molar-refractivity contribution in [2.45, 2.75) is 46.2 Å². The van der Waals surface area contributed by atoms with Crippen molar-refractivity contribution in [2.24, 2.45) is 10.9 Å². The molecule has 12 nitrogen and oxygen atoms in total. The van der Waals surface area contributed by atoms with Crippen molar-refractivity contribution in [2.75, 3.05) is 27.5 Å². The highest BCUT2D eigenvalue weighted by Gasteiger charge is 2.32. The van der Waals surface area contributed by atoms with E-state index >= 15 is 0 Å². The topological polar surface area (TPSA) is 145 Å². The first-order chi connectivity index (χ1) is 24.1. The molecule has 4 heterocycles. The van der Waals surface area contributed by atoms with Crippen molar-refractivity contribution in [3.8, 4) is 0 Å². The van der Waals surface area contributed by atoms with Crippen LogP contribution in [0.3, 0.4) is 0 Å². The monoisotopic (exact) mass is 669 g/mol. The fourth-order valence-corrected chi connectivity index (χ4v) is 5.77. The number of carbonyl (C=O) groups excluding carboxylic acids is 3. The molecule has 6 rings (SSSR count). The quantitative estimate of drug-likeness (QED) is 0.218. The molecule has 50 heavy (non-hydrogen) atoms. The largest absolute Gasteiger partial charge is 0.331 e. The van der Waals surface area contributed by atoms with Gasteiger partial charge < -0.3 is 16.0 Å². The third-order valence-corrected chi connectivity index (χ3v) is 8.51. The van der Waals surface area contributed by atoms with Gasteiger partial charge in [-0.15, -0.1) is 0 Å². The molecule has 0 fully saturated rings. The average Bonchev–Trinajstić information content (AvgIpc) is 3.14. The lowest BCUT2D eigenvalue weighted by molar-refractivity contribution is -0.121. The van der Waals surface area contributed by atoms with Crippen LogP contribution < -0.4 is 25.8 Å². The number of aromatic nitrogens is 3. The second kappa shape index (κ2) is 14.9. The van der Waals surface area contributed by atoms with Crippen LogP contribution in [0.2, 0.25) is 0 Å². The molecule has 0 spiro atoms. The number of aryl methyl sites for hydroxylation is 2. The van der Waals surface area contributed by atoms with Crippen LogP contribution in [0.4, 0.5) is 33.6 Å². The number of urea groups is 1. The minimum atomic E-state index is -0.604. The van der Waals surface area contributed by atoms with E-state index in [0.717, 1.165) is 28.1 Å². The fraction of sp³-hybridized carbons (Fsp3) is 0.237. The van der Waals surface area contributed by atoms with Crippen LogP contribution in [-0.2, 0) is 22.6 Å². The molecule has 12 heteroatoms. The van der Waals surface area contributed by atoms with Gasteiger partial charge in [-0.2, -0.15) is 4.98 Å². The van der Waals surface area contributed by atoms with Gasteiger partial charge in [-0.05, 0) is 68.7 Å². The molecule has 0 radical (unpaired) electrons. The van der Waals surface area contributed by atoms with E-state index in [-0.39, 0.29) is 24.4 Å². The first-order valence-electron chi connectivity index (χ1n) is 16.4. The summed E-state index contributed by atoms with van der Waals surface area (Å²) >= 11 is 0. The Morgan fingerprint density at radius 1 is 0.980 bits per heavy atom. The lowest BCUT2D eigenvalue weighted by atomic mass is 10.0. The summed E-state index contributed by atoms with van der Waals surface area (Å²) in [5.41, 5.74) is 6.17. The van der Waals surface area contributed by atoms with E-state index in [4.69, 9.17) is 0 Å². The molecule has 0 aliphatic carbocycles. The number of nitrogens with zero attached hydrogens (tertiary/aromatic N) is 6. The first kappa shape index (κ1) is 33.7. The molecule has 1 unspecified atom stereocenters. The SMILES string of the molecule is CC1=N[C@@H](Cc2ccccc2)C(=O)N/C=C/C(C(=O)Nc2ccc(C)c(N3Cc4cnc(Nc5ccc(C)nc5)nc4N(C)C3=O)c2)CC=C1. The van der Waals surface area contributed by atoms with Crippen LogP contribution in [0.1, 0.15) is 35.7 Å². The van der Waals surface area contributed by atoms with Crippen molar-refractivity contribution >= 4 is 52.4 Å². The van der Waals surface area contributed by atoms with E-state index in [9.17, 15) is 14.4 Å². The second-order valence-electron chi connectivity index (χ2n) is 12.4. The Kier molecular flexibility index (Phi) is 10.1. The summed E-state index contributed by atoms with van der Waals surface area (Å²) in [5.74, 6) is -0.204. The van der Waals surface area contributed by atoms with Gasteiger partial charge in [-0.3, -0.25) is 29.4 Å². The summed E-state index contributed by atoms with van der Waals surface area (Å²) in [5, 5.41) is 8.96. The lowest BCUT2D eigenvalue weighted by Crippen LogP contribution is -2.46. The predicted molar refractivity (Wildman–Crippen MR) is 196 cm³/mol. The zero-order valence-corrected chi connectivity index (χ0v) is 28.4. The normalized spacial score (nSPS) is 18.4. The lowest BCUT2D eigenvalue weighted by Gasteiger charge is -2.35. The summed E-state index contributed by atoms with van der Waals surface area (Å²) in [4.78, 5) is 61.5. The standard InChI is InChI=1S/C38H39N9O3/c1-24-13-15-30(43-35(48)28-12-8-9-26(3)42-32(36(49)39-18-17-28)19-27-10-6-5-7-11-27)20-33(24)47-23-29-21-41-37(45-34(29)46(4)38(47)50)44-31-16-14-25(2)40-22-31/h5-11,13-18,20-22,28,32H,12,19,23H2,1-4H3,(H,39,49)(H,43,48)(H,41,44,45)/b9-8?,18-17+,42-26?/t28?,32-/m0/s1. The maximum absolute atomic E-state index is 13.7. The van der Waals surface area contributed by atoms with E-state index < -0.39 is 12.0 Å². The molecule has 0 saturated heterocycles. The minimum Gasteiger partial charge on any atom is -0.331 e. The zero-order valence-electron chi connectivity index (χ0n) is 28.4. The van der Waals surface area contributed by atoms with Gasteiger partial charge in [0.05, 0.1) is 30.0 Å². The van der Waals surface area contributed by atoms with Crippen LogP contribution in [0.25, 0.3) is 0 Å². The predicted octanol–water partition coefficient (Wildman–Crippen LogP) is 6.03. The molecule has 254 valence electrons. The second-order valence-corrected chi connectivity index (χ2v) is 12.4. The smallest absolute Gasteiger partial charge is 0.330 e. The number of nitrogens with one attached hydrogen (secondary N) is 3. The molecule has 0 saturated carbocycles. The molecular formula is C38H39N9O3. The molecular weight excluding hydrogens is 630 g/mol. The first-order valence-corrected chi connectivity index (χ1v) is 16.4. The number of amides is 4. The van der Waals surface area contributed by atoms with Gasteiger partial charge in [0.15, 0.2) is 0 Å². The minimum absolute atomic E-state index is 0.249. The summed E-state index contributed by atoms with van der Waals surface area (Å²) in [6.07, 6.45) is 11.2. The van der Waals surface area contributed by atoms with Crippen LogP contribution in [0.15, 0.2) is 102 Å². The molecule has 3 N–H and O–H groups in total. The Morgan fingerprint density at radius 3 is 2.56 bits per heavy atom. The van der Waals surface area contributed by atoms with E-state index in [0.29, 0.717) is 41.7 Å². The number of hydrogen-bond donors (Lipinski definition) is 3. The highest BCUT2D eigenvalue weighted by molar-refractivity contribution is 6.06. The van der Waals surface area contributed by atoms with Crippen LogP contribution >= 0.6 is 0 Å². The van der Waals surface area contributed by atoms with Gasteiger partial charge in [0.2, 0.25) is 17.8 Å². The molecule has 4 aromatic rings. The summed E-state index contributed by atoms with van der Waals surface area (Å²) < 4.78 is 0.